The summed E-state index contributed by atoms with van der Waals surface area (Å²) in [5.41, 5.74) is 0.570. The normalized spacial score (nSPS) is 12.0. The van der Waals surface area contributed by atoms with Gasteiger partial charge in [-0.05, 0) is 66.4 Å². The minimum atomic E-state index is -4.57. The largest absolute Gasteiger partial charge is 0.416 e. The molecule has 44 heavy (non-hydrogen) atoms. The van der Waals surface area contributed by atoms with Crippen molar-refractivity contribution in [3.8, 4) is 0 Å². The number of rotatable bonds is 12. The zero-order valence-corrected chi connectivity index (χ0v) is 23.8. The van der Waals surface area contributed by atoms with Crippen LogP contribution in [0.1, 0.15) is 39.0 Å². The summed E-state index contributed by atoms with van der Waals surface area (Å²) in [4.78, 5) is 33.0. The fourth-order valence-electron chi connectivity index (χ4n) is 4.81. The molecule has 0 fully saturated rings. The first kappa shape index (κ1) is 32.6. The molecule has 234 valence electrons. The van der Waals surface area contributed by atoms with Crippen LogP contribution in [0.25, 0.3) is 10.9 Å². The van der Waals surface area contributed by atoms with Crippen LogP contribution < -0.4 is 0 Å². The summed E-state index contributed by atoms with van der Waals surface area (Å²) < 4.78 is 83.6. The van der Waals surface area contributed by atoms with Crippen molar-refractivity contribution in [2.45, 2.75) is 31.7 Å². The maximum atomic E-state index is 13.7. The topological polar surface area (TPSA) is 65.6 Å². The number of methoxy groups -OCH3 is 1. The highest BCUT2D eigenvalue weighted by Gasteiger charge is 2.31. The van der Waals surface area contributed by atoms with Crippen molar-refractivity contribution in [3.05, 3.63) is 107 Å². The molecule has 0 spiro atoms. The Balaban J connectivity index is 1.57. The minimum Gasteiger partial charge on any atom is -0.385 e. The molecule has 0 saturated carbocycles. The highest BCUT2D eigenvalue weighted by Crippen LogP contribution is 2.30. The van der Waals surface area contributed by atoms with Gasteiger partial charge in [0, 0.05) is 56.0 Å². The van der Waals surface area contributed by atoms with Gasteiger partial charge in [-0.15, -0.1) is 0 Å². The first-order valence-corrected chi connectivity index (χ1v) is 13.8. The summed E-state index contributed by atoms with van der Waals surface area (Å²) in [5.74, 6) is -1.10. The molecule has 0 unspecified atom stereocenters. The predicted molar refractivity (Wildman–Crippen MR) is 153 cm³/mol. The quantitative estimate of drug-likeness (QED) is 0.138. The van der Waals surface area contributed by atoms with Crippen LogP contribution in [-0.4, -0.2) is 59.9 Å². The van der Waals surface area contributed by atoms with Crippen molar-refractivity contribution in [2.75, 3.05) is 33.4 Å². The standard InChI is InChI=1S/C32H31F6N3O3/c1-44-18-4-16-41(30(43)23-9-13-26(14-10-23)32(36,37)38)21-29(42)40(20-22-7-11-25(12-8-22)31(33,34)35)17-15-24-19-39-28-6-3-2-5-27(24)28/h2-3,5-14,19,39H,4,15-18,20-21H2,1H3. The smallest absolute Gasteiger partial charge is 0.385 e. The lowest BCUT2D eigenvalue weighted by molar-refractivity contribution is -0.138. The number of para-hydroxylation sites is 1. The molecule has 0 radical (unpaired) electrons. The van der Waals surface area contributed by atoms with E-state index in [4.69, 9.17) is 4.74 Å². The van der Waals surface area contributed by atoms with Gasteiger partial charge < -0.3 is 19.5 Å². The van der Waals surface area contributed by atoms with Crippen LogP contribution in [0.3, 0.4) is 0 Å². The molecule has 0 aliphatic carbocycles. The van der Waals surface area contributed by atoms with Crippen LogP contribution in [0.5, 0.6) is 0 Å². The number of benzene rings is 3. The number of H-pyrrole nitrogens is 1. The third kappa shape index (κ3) is 8.40. The first-order chi connectivity index (χ1) is 20.9. The Hall–Kier alpha value is -4.32. The van der Waals surface area contributed by atoms with Crippen LogP contribution in [0.2, 0.25) is 0 Å². The Morgan fingerprint density at radius 1 is 0.795 bits per heavy atom. The number of fused-ring (bicyclic) bond motifs is 1. The molecule has 0 bridgehead atoms. The number of nitrogens with one attached hydrogen (secondary N) is 1. The first-order valence-electron chi connectivity index (χ1n) is 13.8. The molecule has 6 nitrogen and oxygen atoms in total. The molecule has 1 aromatic heterocycles. The number of hydrogen-bond acceptors (Lipinski definition) is 3. The zero-order chi connectivity index (χ0) is 31.9. The van der Waals surface area contributed by atoms with Gasteiger partial charge in [-0.2, -0.15) is 26.3 Å². The molecule has 4 aromatic rings. The molecule has 2 amide bonds. The number of aromatic amines is 1. The van der Waals surface area contributed by atoms with Crippen LogP contribution in [0.15, 0.2) is 79.0 Å². The van der Waals surface area contributed by atoms with Gasteiger partial charge in [-0.25, -0.2) is 0 Å². The van der Waals surface area contributed by atoms with Gasteiger partial charge in [0.2, 0.25) is 5.91 Å². The predicted octanol–water partition coefficient (Wildman–Crippen LogP) is 6.96. The maximum absolute atomic E-state index is 13.7. The Kier molecular flexibility index (Phi) is 10.4. The summed E-state index contributed by atoms with van der Waals surface area (Å²) in [6, 6.07) is 15.9. The molecule has 0 atom stereocenters. The van der Waals surface area contributed by atoms with Gasteiger partial charge in [0.1, 0.15) is 6.54 Å². The molecular formula is C32H31F6N3O3. The van der Waals surface area contributed by atoms with E-state index in [1.165, 1.54) is 29.0 Å². The number of carbonyl (C=O) groups excluding carboxylic acids is 2. The Morgan fingerprint density at radius 3 is 2.02 bits per heavy atom. The van der Waals surface area contributed by atoms with E-state index in [0.717, 1.165) is 52.9 Å². The van der Waals surface area contributed by atoms with Crippen molar-refractivity contribution >= 4 is 22.7 Å². The van der Waals surface area contributed by atoms with E-state index in [9.17, 15) is 35.9 Å². The SMILES string of the molecule is COCCCN(CC(=O)N(CCc1c[nH]c2ccccc12)Cc1ccc(C(F)(F)F)cc1)C(=O)c1ccc(C(F)(F)F)cc1. The fourth-order valence-corrected chi connectivity index (χ4v) is 4.81. The van der Waals surface area contributed by atoms with Gasteiger partial charge in [-0.3, -0.25) is 9.59 Å². The molecule has 0 aliphatic rings. The van der Waals surface area contributed by atoms with Gasteiger partial charge in [0.25, 0.3) is 5.91 Å². The molecule has 3 aromatic carbocycles. The van der Waals surface area contributed by atoms with E-state index in [2.05, 4.69) is 4.98 Å². The lowest BCUT2D eigenvalue weighted by Gasteiger charge is -2.28. The fraction of sp³-hybridized carbons (Fsp3) is 0.312. The average Bonchev–Trinajstić information content (AvgIpc) is 3.41. The summed E-state index contributed by atoms with van der Waals surface area (Å²) in [6.45, 7) is 0.163. The van der Waals surface area contributed by atoms with Crippen LogP contribution >= 0.6 is 0 Å². The highest BCUT2D eigenvalue weighted by molar-refractivity contribution is 5.96. The molecule has 1 N–H and O–H groups in total. The minimum absolute atomic E-state index is 0.0142. The van der Waals surface area contributed by atoms with E-state index < -0.39 is 41.8 Å². The zero-order valence-electron chi connectivity index (χ0n) is 23.8. The van der Waals surface area contributed by atoms with Crippen LogP contribution in [0.4, 0.5) is 26.3 Å². The van der Waals surface area contributed by atoms with E-state index in [0.29, 0.717) is 18.4 Å². The average molecular weight is 620 g/mol. The number of aromatic nitrogens is 1. The summed E-state index contributed by atoms with van der Waals surface area (Å²) >= 11 is 0. The van der Waals surface area contributed by atoms with Crippen LogP contribution in [-0.2, 0) is 34.8 Å². The number of alkyl halides is 6. The Labute approximate surface area is 250 Å². The number of nitrogens with zero attached hydrogens (tertiary/aromatic N) is 2. The van der Waals surface area contributed by atoms with Gasteiger partial charge in [0.15, 0.2) is 0 Å². The third-order valence-corrected chi connectivity index (χ3v) is 7.18. The Morgan fingerprint density at radius 2 is 1.41 bits per heavy atom. The third-order valence-electron chi connectivity index (χ3n) is 7.18. The van der Waals surface area contributed by atoms with Gasteiger partial charge >= 0.3 is 12.4 Å². The van der Waals surface area contributed by atoms with Gasteiger partial charge in [-0.1, -0.05) is 30.3 Å². The van der Waals surface area contributed by atoms with Crippen molar-refractivity contribution < 1.29 is 40.7 Å². The van der Waals surface area contributed by atoms with Crippen molar-refractivity contribution in [1.82, 2.24) is 14.8 Å². The number of amides is 2. The summed E-state index contributed by atoms with van der Waals surface area (Å²) in [5, 5.41) is 0.966. The number of hydrogen-bond donors (Lipinski definition) is 1. The van der Waals surface area contributed by atoms with Crippen molar-refractivity contribution in [2.24, 2.45) is 0 Å². The molecule has 12 heteroatoms. The van der Waals surface area contributed by atoms with E-state index in [1.807, 2.05) is 30.5 Å². The molecular weight excluding hydrogens is 588 g/mol. The second-order valence-electron chi connectivity index (χ2n) is 10.3. The summed E-state index contributed by atoms with van der Waals surface area (Å²) in [6.07, 6.45) is -6.46. The summed E-state index contributed by atoms with van der Waals surface area (Å²) in [7, 11) is 1.48. The van der Waals surface area contributed by atoms with Crippen LogP contribution in [0, 0.1) is 0 Å². The van der Waals surface area contributed by atoms with Crippen molar-refractivity contribution in [3.63, 3.8) is 0 Å². The lowest BCUT2D eigenvalue weighted by atomic mass is 10.1. The monoisotopic (exact) mass is 619 g/mol. The Bertz CT molecular complexity index is 1550. The second kappa shape index (κ2) is 14.0. The van der Waals surface area contributed by atoms with Gasteiger partial charge in [0.05, 0.1) is 11.1 Å². The molecule has 0 aliphatic heterocycles. The number of ether oxygens (including phenoxy) is 1. The van der Waals surface area contributed by atoms with E-state index in [1.54, 1.807) is 0 Å². The lowest BCUT2D eigenvalue weighted by Crippen LogP contribution is -2.44. The van der Waals surface area contributed by atoms with E-state index in [-0.39, 0.29) is 31.8 Å². The van der Waals surface area contributed by atoms with Crippen molar-refractivity contribution in [1.29, 1.82) is 0 Å². The maximum Gasteiger partial charge on any atom is 0.416 e. The molecule has 4 rings (SSSR count). The number of halogens is 6. The van der Waals surface area contributed by atoms with E-state index >= 15 is 0 Å². The highest BCUT2D eigenvalue weighted by atomic mass is 19.4. The second-order valence-corrected chi connectivity index (χ2v) is 10.3. The molecule has 1 heterocycles. The number of carbonyl (C=O) groups is 2. The molecule has 0 saturated heterocycles.